The first-order valence-electron chi connectivity index (χ1n) is 6.72. The van der Waals surface area contributed by atoms with Crippen molar-refractivity contribution in [1.82, 2.24) is 5.32 Å². The molecular formula is C17H18N2OS. The SMILES string of the molecule is Cc1ccc(C(=O)NC(=S)Nc2c(C)cccc2C)cc1. The lowest BCUT2D eigenvalue weighted by atomic mass is 10.1. The number of thiocarbonyl (C=S) groups is 1. The number of carbonyl (C=O) groups is 1. The van der Waals surface area contributed by atoms with E-state index in [1.165, 1.54) is 0 Å². The maximum atomic E-state index is 12.1. The number of anilines is 1. The number of hydrogen-bond acceptors (Lipinski definition) is 2. The van der Waals surface area contributed by atoms with E-state index >= 15 is 0 Å². The minimum absolute atomic E-state index is 0.210. The first-order valence-corrected chi connectivity index (χ1v) is 7.13. The van der Waals surface area contributed by atoms with Crippen LogP contribution in [0.3, 0.4) is 0 Å². The third-order valence-electron chi connectivity index (χ3n) is 3.26. The second-order valence-electron chi connectivity index (χ2n) is 5.04. The summed E-state index contributed by atoms with van der Waals surface area (Å²) in [6.07, 6.45) is 0. The number of amides is 1. The summed E-state index contributed by atoms with van der Waals surface area (Å²) >= 11 is 5.21. The highest BCUT2D eigenvalue weighted by atomic mass is 32.1. The molecule has 4 heteroatoms. The molecule has 0 aromatic heterocycles. The average Bonchev–Trinajstić information content (AvgIpc) is 2.43. The van der Waals surface area contributed by atoms with Gasteiger partial charge in [0.25, 0.3) is 5.91 Å². The van der Waals surface area contributed by atoms with Crippen molar-refractivity contribution in [2.75, 3.05) is 5.32 Å². The van der Waals surface area contributed by atoms with Gasteiger partial charge in [-0.2, -0.15) is 0 Å². The van der Waals surface area contributed by atoms with Gasteiger partial charge in [0, 0.05) is 11.3 Å². The molecule has 108 valence electrons. The van der Waals surface area contributed by atoms with Crippen molar-refractivity contribution in [2.45, 2.75) is 20.8 Å². The smallest absolute Gasteiger partial charge is 0.257 e. The Kier molecular flexibility index (Phi) is 4.70. The minimum Gasteiger partial charge on any atom is -0.332 e. The molecule has 2 rings (SSSR count). The predicted octanol–water partition coefficient (Wildman–Crippen LogP) is 3.74. The summed E-state index contributed by atoms with van der Waals surface area (Å²) in [6, 6.07) is 13.4. The van der Waals surface area contributed by atoms with Gasteiger partial charge in [0.15, 0.2) is 5.11 Å². The van der Waals surface area contributed by atoms with Gasteiger partial charge in [-0.25, -0.2) is 0 Å². The molecule has 2 aromatic rings. The van der Waals surface area contributed by atoms with E-state index in [0.717, 1.165) is 22.4 Å². The van der Waals surface area contributed by atoms with Gasteiger partial charge in [0.1, 0.15) is 0 Å². The molecule has 2 N–H and O–H groups in total. The zero-order valence-corrected chi connectivity index (χ0v) is 13.2. The first kappa shape index (κ1) is 15.2. The van der Waals surface area contributed by atoms with Crippen LogP contribution in [0.15, 0.2) is 42.5 Å². The van der Waals surface area contributed by atoms with Gasteiger partial charge in [0.05, 0.1) is 0 Å². The second kappa shape index (κ2) is 6.50. The summed E-state index contributed by atoms with van der Waals surface area (Å²) in [5, 5.41) is 6.09. The normalized spacial score (nSPS) is 10.0. The van der Waals surface area contributed by atoms with Crippen LogP contribution >= 0.6 is 12.2 Å². The van der Waals surface area contributed by atoms with Gasteiger partial charge in [0.2, 0.25) is 0 Å². The predicted molar refractivity (Wildman–Crippen MR) is 90.8 cm³/mol. The Morgan fingerprint density at radius 1 is 0.952 bits per heavy atom. The molecule has 0 spiro atoms. The Labute approximate surface area is 130 Å². The fraction of sp³-hybridized carbons (Fsp3) is 0.176. The van der Waals surface area contributed by atoms with E-state index in [0.29, 0.717) is 10.7 Å². The third kappa shape index (κ3) is 3.89. The summed E-state index contributed by atoms with van der Waals surface area (Å²) in [7, 11) is 0. The van der Waals surface area contributed by atoms with Crippen molar-refractivity contribution >= 4 is 28.9 Å². The molecule has 0 aliphatic rings. The Morgan fingerprint density at radius 2 is 1.52 bits per heavy atom. The number of carbonyl (C=O) groups excluding carboxylic acids is 1. The monoisotopic (exact) mass is 298 g/mol. The van der Waals surface area contributed by atoms with Crippen LogP contribution < -0.4 is 10.6 Å². The fourth-order valence-electron chi connectivity index (χ4n) is 2.04. The summed E-state index contributed by atoms with van der Waals surface area (Å²) in [6.45, 7) is 5.98. The third-order valence-corrected chi connectivity index (χ3v) is 3.46. The second-order valence-corrected chi connectivity index (χ2v) is 5.45. The van der Waals surface area contributed by atoms with Crippen molar-refractivity contribution in [3.05, 3.63) is 64.7 Å². The number of hydrogen-bond donors (Lipinski definition) is 2. The van der Waals surface area contributed by atoms with Crippen molar-refractivity contribution in [1.29, 1.82) is 0 Å². The molecule has 0 atom stereocenters. The Balaban J connectivity index is 2.05. The van der Waals surface area contributed by atoms with E-state index in [1.807, 2.05) is 51.1 Å². The van der Waals surface area contributed by atoms with E-state index in [1.54, 1.807) is 12.1 Å². The van der Waals surface area contributed by atoms with Gasteiger partial charge >= 0.3 is 0 Å². The van der Waals surface area contributed by atoms with E-state index < -0.39 is 0 Å². The maximum Gasteiger partial charge on any atom is 0.257 e. The van der Waals surface area contributed by atoms with E-state index in [-0.39, 0.29) is 5.91 Å². The van der Waals surface area contributed by atoms with Crippen molar-refractivity contribution in [3.8, 4) is 0 Å². The van der Waals surface area contributed by atoms with Crippen molar-refractivity contribution in [2.24, 2.45) is 0 Å². The molecule has 2 aromatic carbocycles. The summed E-state index contributed by atoms with van der Waals surface area (Å²) in [5.41, 5.74) is 4.81. The Hall–Kier alpha value is -2.20. The summed E-state index contributed by atoms with van der Waals surface area (Å²) < 4.78 is 0. The average molecular weight is 298 g/mol. The van der Waals surface area contributed by atoms with Gasteiger partial charge in [-0.1, -0.05) is 35.9 Å². The standard InChI is InChI=1S/C17H18N2OS/c1-11-7-9-14(10-8-11)16(20)19-17(21)18-15-12(2)5-4-6-13(15)3/h4-10H,1-3H3,(H2,18,19,20,21). The molecule has 0 unspecified atom stereocenters. The highest BCUT2D eigenvalue weighted by molar-refractivity contribution is 7.80. The van der Waals surface area contributed by atoms with Crippen molar-refractivity contribution in [3.63, 3.8) is 0 Å². The molecule has 0 fully saturated rings. The molecule has 0 saturated carbocycles. The number of aryl methyl sites for hydroxylation is 3. The quantitative estimate of drug-likeness (QED) is 0.830. The topological polar surface area (TPSA) is 41.1 Å². The van der Waals surface area contributed by atoms with Crippen LogP contribution in [0.2, 0.25) is 0 Å². The van der Waals surface area contributed by atoms with E-state index in [2.05, 4.69) is 10.6 Å². The van der Waals surface area contributed by atoms with Gasteiger partial charge in [-0.15, -0.1) is 0 Å². The molecule has 0 radical (unpaired) electrons. The highest BCUT2D eigenvalue weighted by Gasteiger charge is 2.09. The van der Waals surface area contributed by atoms with E-state index in [4.69, 9.17) is 12.2 Å². The first-order chi connectivity index (χ1) is 9.97. The minimum atomic E-state index is -0.210. The van der Waals surface area contributed by atoms with Crippen LogP contribution in [0, 0.1) is 20.8 Å². The lowest BCUT2D eigenvalue weighted by molar-refractivity contribution is 0.0977. The largest absolute Gasteiger partial charge is 0.332 e. The Morgan fingerprint density at radius 3 is 2.10 bits per heavy atom. The fourth-order valence-corrected chi connectivity index (χ4v) is 2.23. The molecule has 0 aliphatic carbocycles. The molecule has 3 nitrogen and oxygen atoms in total. The van der Waals surface area contributed by atoms with Crippen LogP contribution in [0.1, 0.15) is 27.0 Å². The van der Waals surface area contributed by atoms with Crippen LogP contribution in [0.4, 0.5) is 5.69 Å². The molecule has 0 heterocycles. The van der Waals surface area contributed by atoms with Crippen LogP contribution in [-0.4, -0.2) is 11.0 Å². The van der Waals surface area contributed by atoms with E-state index in [9.17, 15) is 4.79 Å². The Bertz CT molecular complexity index is 657. The van der Waals surface area contributed by atoms with Crippen LogP contribution in [-0.2, 0) is 0 Å². The van der Waals surface area contributed by atoms with Gasteiger partial charge in [-0.3, -0.25) is 10.1 Å². The van der Waals surface area contributed by atoms with Gasteiger partial charge < -0.3 is 5.32 Å². The van der Waals surface area contributed by atoms with Crippen LogP contribution in [0.25, 0.3) is 0 Å². The number of para-hydroxylation sites is 1. The number of rotatable bonds is 2. The zero-order chi connectivity index (χ0) is 15.4. The molecule has 21 heavy (non-hydrogen) atoms. The number of benzene rings is 2. The number of nitrogens with one attached hydrogen (secondary N) is 2. The summed E-state index contributed by atoms with van der Waals surface area (Å²) in [5.74, 6) is -0.210. The molecule has 0 aliphatic heterocycles. The van der Waals surface area contributed by atoms with Crippen molar-refractivity contribution < 1.29 is 4.79 Å². The lowest BCUT2D eigenvalue weighted by Crippen LogP contribution is -2.34. The zero-order valence-electron chi connectivity index (χ0n) is 12.4. The van der Waals surface area contributed by atoms with Gasteiger partial charge in [-0.05, 0) is 56.2 Å². The molecule has 0 bridgehead atoms. The van der Waals surface area contributed by atoms with Crippen LogP contribution in [0.5, 0.6) is 0 Å². The lowest BCUT2D eigenvalue weighted by Gasteiger charge is -2.14. The maximum absolute atomic E-state index is 12.1. The summed E-state index contributed by atoms with van der Waals surface area (Å²) in [4.78, 5) is 12.1. The highest BCUT2D eigenvalue weighted by Crippen LogP contribution is 2.19. The molecular weight excluding hydrogens is 280 g/mol. The molecule has 0 saturated heterocycles. The molecule has 1 amide bonds.